The molecule has 246 valence electrons. The van der Waals surface area contributed by atoms with Crippen LogP contribution in [-0.2, 0) is 10.8 Å². The number of rotatable bonds is 2. The predicted octanol–water partition coefficient (Wildman–Crippen LogP) is 13.3. The first-order valence-corrected chi connectivity index (χ1v) is 18.2. The van der Waals surface area contributed by atoms with Crippen molar-refractivity contribution in [3.8, 4) is 11.4 Å². The van der Waals surface area contributed by atoms with Gasteiger partial charge in [0.1, 0.15) is 11.2 Å². The molecule has 0 saturated heterocycles. The van der Waals surface area contributed by atoms with Crippen LogP contribution in [0.4, 0.5) is 0 Å². The van der Waals surface area contributed by atoms with E-state index in [1.165, 1.54) is 84.0 Å². The molecule has 0 saturated carbocycles. The molecule has 11 rings (SSSR count). The number of fused-ring (bicyclic) bond motifs is 12. The minimum absolute atomic E-state index is 0.0921. The van der Waals surface area contributed by atoms with Gasteiger partial charge in [-0.1, -0.05) is 100 Å². The average Bonchev–Trinajstić information content (AvgIpc) is 3.79. The molecule has 10 aromatic rings. The van der Waals surface area contributed by atoms with Gasteiger partial charge in [0.2, 0.25) is 0 Å². The molecule has 3 nitrogen and oxygen atoms in total. The lowest BCUT2D eigenvalue weighted by atomic mass is 9.63. The quantitative estimate of drug-likeness (QED) is 0.181. The largest absolute Gasteiger partial charge is 0.456 e. The molecule has 0 radical (unpaired) electrons. The summed E-state index contributed by atoms with van der Waals surface area (Å²) >= 11 is 0. The van der Waals surface area contributed by atoms with Crippen molar-refractivity contribution in [2.45, 2.75) is 51.4 Å². The van der Waals surface area contributed by atoms with Crippen LogP contribution in [-0.4, -0.2) is 9.13 Å². The van der Waals surface area contributed by atoms with Gasteiger partial charge in [0, 0.05) is 55.1 Å². The van der Waals surface area contributed by atoms with Gasteiger partial charge >= 0.3 is 0 Å². The van der Waals surface area contributed by atoms with E-state index in [0.717, 1.165) is 27.6 Å². The Morgan fingerprint density at radius 3 is 1.82 bits per heavy atom. The Labute approximate surface area is 296 Å². The zero-order valence-electron chi connectivity index (χ0n) is 29.4. The van der Waals surface area contributed by atoms with Crippen LogP contribution in [0.25, 0.3) is 87.7 Å². The third kappa shape index (κ3) is 3.95. The first-order chi connectivity index (χ1) is 24.8. The summed E-state index contributed by atoms with van der Waals surface area (Å²) < 4.78 is 11.5. The van der Waals surface area contributed by atoms with E-state index in [9.17, 15) is 0 Å². The molecule has 1 aliphatic carbocycles. The van der Waals surface area contributed by atoms with Crippen molar-refractivity contribution in [2.75, 3.05) is 0 Å². The molecule has 0 aliphatic heterocycles. The maximum atomic E-state index is 6.47. The van der Waals surface area contributed by atoms with Crippen molar-refractivity contribution in [1.29, 1.82) is 0 Å². The summed E-state index contributed by atoms with van der Waals surface area (Å²) in [5.41, 5.74) is 12.2. The number of para-hydroxylation sites is 2. The molecule has 3 aromatic heterocycles. The molecule has 0 amide bonds. The van der Waals surface area contributed by atoms with Crippen molar-refractivity contribution in [3.05, 3.63) is 145 Å². The maximum Gasteiger partial charge on any atom is 0.137 e. The van der Waals surface area contributed by atoms with Crippen LogP contribution in [0, 0.1) is 0 Å². The van der Waals surface area contributed by atoms with E-state index in [2.05, 4.69) is 164 Å². The van der Waals surface area contributed by atoms with Gasteiger partial charge in [-0.15, -0.1) is 0 Å². The monoisotopic (exact) mass is 658 g/mol. The predicted molar refractivity (Wildman–Crippen MR) is 215 cm³/mol. The van der Waals surface area contributed by atoms with Crippen molar-refractivity contribution < 1.29 is 4.42 Å². The summed E-state index contributed by atoms with van der Waals surface area (Å²) in [6.07, 6.45) is 2.36. The molecule has 0 unspecified atom stereocenters. The first kappa shape index (κ1) is 29.0. The van der Waals surface area contributed by atoms with Crippen LogP contribution >= 0.6 is 0 Å². The first-order valence-electron chi connectivity index (χ1n) is 18.2. The van der Waals surface area contributed by atoms with Crippen LogP contribution in [0.5, 0.6) is 0 Å². The van der Waals surface area contributed by atoms with E-state index < -0.39 is 0 Å². The van der Waals surface area contributed by atoms with E-state index in [0.29, 0.717) is 0 Å². The fourth-order valence-electron chi connectivity index (χ4n) is 9.32. The fraction of sp³-hybridized carbons (Fsp3) is 0.167. The van der Waals surface area contributed by atoms with Crippen molar-refractivity contribution >= 4 is 76.3 Å². The standard InChI is InChI=1S/C48H38N2O/c1-47(2)22-23-48(3,4)40-28-43-36(25-39(40)47)38-27-42-37(26-41(38)49(43)31-19-21-34-33-16-10-11-17-44(33)51-45(34)24-31)35-20-18-29-12-8-9-15-32(29)46(35)50(42)30-13-6-5-7-14-30/h5-21,24-28H,22-23H2,1-4H3. The third-order valence-corrected chi connectivity index (χ3v) is 12.1. The Hall–Kier alpha value is -5.80. The van der Waals surface area contributed by atoms with Gasteiger partial charge in [0.15, 0.2) is 0 Å². The Morgan fingerprint density at radius 2 is 1.02 bits per heavy atom. The van der Waals surface area contributed by atoms with Gasteiger partial charge in [0.05, 0.1) is 22.1 Å². The number of aromatic nitrogens is 2. The van der Waals surface area contributed by atoms with E-state index in [-0.39, 0.29) is 10.8 Å². The van der Waals surface area contributed by atoms with E-state index in [1.54, 1.807) is 0 Å². The summed E-state index contributed by atoms with van der Waals surface area (Å²) in [5.74, 6) is 0. The molecular formula is C48H38N2O. The van der Waals surface area contributed by atoms with Crippen molar-refractivity contribution in [3.63, 3.8) is 0 Å². The lowest BCUT2D eigenvalue weighted by Crippen LogP contribution is -2.33. The minimum Gasteiger partial charge on any atom is -0.456 e. The molecule has 7 aromatic carbocycles. The molecule has 0 spiro atoms. The van der Waals surface area contributed by atoms with Crippen LogP contribution in [0.3, 0.4) is 0 Å². The van der Waals surface area contributed by atoms with E-state index >= 15 is 0 Å². The Kier molecular flexibility index (Phi) is 5.64. The highest BCUT2D eigenvalue weighted by Crippen LogP contribution is 2.49. The summed E-state index contributed by atoms with van der Waals surface area (Å²) in [6, 6.07) is 49.4. The minimum atomic E-state index is 0.0921. The van der Waals surface area contributed by atoms with Gasteiger partial charge < -0.3 is 13.6 Å². The molecule has 3 heteroatoms. The third-order valence-electron chi connectivity index (χ3n) is 12.1. The number of hydrogen-bond acceptors (Lipinski definition) is 1. The Bertz CT molecular complexity index is 3080. The van der Waals surface area contributed by atoms with Crippen LogP contribution in [0.1, 0.15) is 51.7 Å². The highest BCUT2D eigenvalue weighted by atomic mass is 16.3. The van der Waals surface area contributed by atoms with E-state index in [4.69, 9.17) is 4.42 Å². The topological polar surface area (TPSA) is 23.0 Å². The molecule has 0 atom stereocenters. The van der Waals surface area contributed by atoms with Crippen LogP contribution < -0.4 is 0 Å². The van der Waals surface area contributed by atoms with Gasteiger partial charge in [-0.05, 0) is 94.8 Å². The molecular weight excluding hydrogens is 621 g/mol. The second kappa shape index (κ2) is 9.92. The lowest BCUT2D eigenvalue weighted by Gasteiger charge is -2.42. The van der Waals surface area contributed by atoms with E-state index in [1.807, 2.05) is 6.07 Å². The molecule has 1 aliphatic rings. The highest BCUT2D eigenvalue weighted by molar-refractivity contribution is 6.23. The summed E-state index contributed by atoms with van der Waals surface area (Å²) in [4.78, 5) is 0. The zero-order chi connectivity index (χ0) is 34.2. The second-order valence-corrected chi connectivity index (χ2v) is 16.0. The van der Waals surface area contributed by atoms with Crippen molar-refractivity contribution in [2.24, 2.45) is 0 Å². The highest BCUT2D eigenvalue weighted by Gasteiger charge is 2.38. The fourth-order valence-corrected chi connectivity index (χ4v) is 9.32. The lowest BCUT2D eigenvalue weighted by molar-refractivity contribution is 0.332. The van der Waals surface area contributed by atoms with Gasteiger partial charge in [-0.3, -0.25) is 0 Å². The van der Waals surface area contributed by atoms with Crippen LogP contribution in [0.15, 0.2) is 138 Å². The SMILES string of the molecule is CC1(C)CCC(C)(C)c2cc3c(cc21)c1cc2c(cc1n3-c1ccc3c(c1)oc1ccccc13)c1ccc3ccccc3c1n2-c1ccccc1. The Morgan fingerprint density at radius 1 is 0.431 bits per heavy atom. The zero-order valence-corrected chi connectivity index (χ0v) is 29.4. The molecule has 0 fully saturated rings. The normalized spacial score (nSPS) is 15.6. The van der Waals surface area contributed by atoms with Crippen LogP contribution in [0.2, 0.25) is 0 Å². The summed E-state index contributed by atoms with van der Waals surface area (Å²) in [5, 5.41) is 9.91. The smallest absolute Gasteiger partial charge is 0.137 e. The van der Waals surface area contributed by atoms with Gasteiger partial charge in [-0.25, -0.2) is 0 Å². The number of nitrogens with zero attached hydrogens (tertiary/aromatic N) is 2. The van der Waals surface area contributed by atoms with Crippen molar-refractivity contribution in [1.82, 2.24) is 9.13 Å². The number of benzene rings is 7. The number of hydrogen-bond donors (Lipinski definition) is 0. The molecule has 0 N–H and O–H groups in total. The number of furan rings is 1. The van der Waals surface area contributed by atoms with Gasteiger partial charge in [-0.2, -0.15) is 0 Å². The Balaban J connectivity index is 1.32. The summed E-state index contributed by atoms with van der Waals surface area (Å²) in [6.45, 7) is 9.71. The molecule has 0 bridgehead atoms. The maximum absolute atomic E-state index is 6.47. The molecule has 3 heterocycles. The summed E-state index contributed by atoms with van der Waals surface area (Å²) in [7, 11) is 0. The van der Waals surface area contributed by atoms with Gasteiger partial charge in [0.25, 0.3) is 0 Å². The average molecular weight is 659 g/mol. The second-order valence-electron chi connectivity index (χ2n) is 16.0. The molecule has 51 heavy (non-hydrogen) atoms.